The van der Waals surface area contributed by atoms with Crippen molar-refractivity contribution in [3.8, 4) is 41.8 Å². The highest BCUT2D eigenvalue weighted by Gasteiger charge is 2.32. The Balaban J connectivity index is 1.63. The summed E-state index contributed by atoms with van der Waals surface area (Å²) in [6, 6.07) is 2.72. The van der Waals surface area contributed by atoms with Gasteiger partial charge in [-0.25, -0.2) is 61.5 Å². The number of hydrogen-bond acceptors (Lipinski definition) is 2. The van der Waals surface area contributed by atoms with Crippen molar-refractivity contribution in [2.24, 2.45) is 0 Å². The van der Waals surface area contributed by atoms with Crippen LogP contribution in [0.15, 0.2) is 24.3 Å². The van der Waals surface area contributed by atoms with Gasteiger partial charge in [0.25, 0.3) is 0 Å². The summed E-state index contributed by atoms with van der Waals surface area (Å²) in [6.45, 7) is 0. The Kier molecular flexibility index (Phi) is 7.33. The molecule has 0 N–H and O–H groups in total. The van der Waals surface area contributed by atoms with Gasteiger partial charge in [-0.05, 0) is 24.3 Å². The standard InChI is InChI=1S/C26H4F14S2/c27-13-9(5-1-3-7(41-5)11-17(31)21(35)25(39)22(36)18(11)32)14(28)16(30)10(15(13)29)6-2-4-8(42-6)12-19(33)23(37)26(40)24(38)20(12)34/h1-4H. The zero-order valence-electron chi connectivity index (χ0n) is 19.4. The predicted molar refractivity (Wildman–Crippen MR) is 123 cm³/mol. The van der Waals surface area contributed by atoms with Gasteiger partial charge in [-0.15, -0.1) is 22.7 Å². The Morgan fingerprint density at radius 1 is 0.238 bits per heavy atom. The molecule has 0 saturated carbocycles. The quantitative estimate of drug-likeness (QED) is 0.104. The van der Waals surface area contributed by atoms with Crippen LogP contribution in [0.4, 0.5) is 61.5 Å². The Labute approximate surface area is 231 Å². The van der Waals surface area contributed by atoms with Crippen LogP contribution in [0.2, 0.25) is 0 Å². The molecule has 3 aromatic carbocycles. The number of rotatable bonds is 4. The van der Waals surface area contributed by atoms with E-state index in [-0.39, 0.29) is 22.7 Å². The topological polar surface area (TPSA) is 0 Å². The second-order valence-electron chi connectivity index (χ2n) is 8.22. The van der Waals surface area contributed by atoms with Gasteiger partial charge >= 0.3 is 0 Å². The summed E-state index contributed by atoms with van der Waals surface area (Å²) in [5, 5.41) is 0. The molecule has 42 heavy (non-hydrogen) atoms. The molecule has 2 heterocycles. The summed E-state index contributed by atoms with van der Waals surface area (Å²) in [5.74, 6) is -31.7. The van der Waals surface area contributed by atoms with Crippen LogP contribution in [0, 0.1) is 81.4 Å². The SMILES string of the molecule is Fc1c(F)c(F)c(-c2ccc(-c3c(F)c(F)c(-c4ccc(-c5c(F)c(F)c(F)c(F)c5F)s4)c(F)c3F)s2)c(F)c1F. The third-order valence-corrected chi connectivity index (χ3v) is 8.12. The van der Waals surface area contributed by atoms with Crippen molar-refractivity contribution in [2.75, 3.05) is 0 Å². The Morgan fingerprint density at radius 3 is 0.571 bits per heavy atom. The van der Waals surface area contributed by atoms with Crippen LogP contribution < -0.4 is 0 Å². The summed E-state index contributed by atoms with van der Waals surface area (Å²) in [6.07, 6.45) is 0. The maximum atomic E-state index is 15.1. The molecular weight excluding hydrogens is 642 g/mol. The average molecular weight is 646 g/mol. The summed E-state index contributed by atoms with van der Waals surface area (Å²) in [7, 11) is 0. The predicted octanol–water partition coefficient (Wildman–Crippen LogP) is 10.4. The first-order valence-electron chi connectivity index (χ1n) is 10.8. The number of halogens is 14. The highest BCUT2D eigenvalue weighted by atomic mass is 32.1. The van der Waals surface area contributed by atoms with E-state index in [0.717, 1.165) is 0 Å². The molecule has 0 radical (unpaired) electrons. The molecule has 5 rings (SSSR count). The van der Waals surface area contributed by atoms with E-state index < -0.39 is 123 Å². The Hall–Kier alpha value is -3.92. The lowest BCUT2D eigenvalue weighted by Crippen LogP contribution is -2.03. The summed E-state index contributed by atoms with van der Waals surface area (Å²) in [5.41, 5.74) is -5.82. The van der Waals surface area contributed by atoms with Crippen molar-refractivity contribution in [1.82, 2.24) is 0 Å². The van der Waals surface area contributed by atoms with Crippen molar-refractivity contribution >= 4 is 22.7 Å². The lowest BCUT2D eigenvalue weighted by molar-refractivity contribution is 0.381. The van der Waals surface area contributed by atoms with Gasteiger partial charge in [0.2, 0.25) is 11.6 Å². The molecule has 16 heteroatoms. The number of thiophene rings is 2. The van der Waals surface area contributed by atoms with Gasteiger partial charge in [0.05, 0.1) is 22.3 Å². The first kappa shape index (κ1) is 29.6. The van der Waals surface area contributed by atoms with Gasteiger partial charge in [0.15, 0.2) is 69.8 Å². The highest BCUT2D eigenvalue weighted by Crippen LogP contribution is 2.45. The molecule has 0 atom stereocenters. The van der Waals surface area contributed by atoms with E-state index in [9.17, 15) is 43.9 Å². The van der Waals surface area contributed by atoms with E-state index >= 15 is 17.6 Å². The van der Waals surface area contributed by atoms with Crippen LogP contribution in [-0.4, -0.2) is 0 Å². The van der Waals surface area contributed by atoms with Crippen LogP contribution >= 0.6 is 22.7 Å². The molecule has 0 nitrogen and oxygen atoms in total. The molecule has 0 unspecified atom stereocenters. The van der Waals surface area contributed by atoms with Crippen molar-refractivity contribution in [3.05, 3.63) is 106 Å². The fraction of sp³-hybridized carbons (Fsp3) is 0. The lowest BCUT2D eigenvalue weighted by Gasteiger charge is -2.10. The van der Waals surface area contributed by atoms with Gasteiger partial charge in [-0.3, -0.25) is 0 Å². The number of hydrogen-bond donors (Lipinski definition) is 0. The van der Waals surface area contributed by atoms with Crippen molar-refractivity contribution in [1.29, 1.82) is 0 Å². The van der Waals surface area contributed by atoms with Crippen molar-refractivity contribution < 1.29 is 61.5 Å². The minimum absolute atomic E-state index is 0.0150. The highest BCUT2D eigenvalue weighted by molar-refractivity contribution is 7.19. The normalized spacial score (nSPS) is 11.6. The van der Waals surface area contributed by atoms with Crippen LogP contribution in [0.5, 0.6) is 0 Å². The molecule has 0 aliphatic heterocycles. The van der Waals surface area contributed by atoms with Gasteiger partial charge < -0.3 is 0 Å². The second kappa shape index (κ2) is 10.4. The fourth-order valence-electron chi connectivity index (χ4n) is 3.92. The molecule has 0 amide bonds. The molecule has 0 aliphatic rings. The van der Waals surface area contributed by atoms with Crippen molar-refractivity contribution in [2.45, 2.75) is 0 Å². The van der Waals surface area contributed by atoms with Crippen LogP contribution in [-0.2, 0) is 0 Å². The van der Waals surface area contributed by atoms with Crippen LogP contribution in [0.1, 0.15) is 0 Å². The first-order valence-corrected chi connectivity index (χ1v) is 12.4. The van der Waals surface area contributed by atoms with E-state index in [1.807, 2.05) is 0 Å². The third-order valence-electron chi connectivity index (χ3n) is 5.88. The number of benzene rings is 3. The molecule has 0 bridgehead atoms. The van der Waals surface area contributed by atoms with E-state index in [1.165, 1.54) is 0 Å². The molecule has 5 aromatic rings. The molecule has 0 saturated heterocycles. The van der Waals surface area contributed by atoms with Crippen molar-refractivity contribution in [3.63, 3.8) is 0 Å². The molecular formula is C26H4F14S2. The second-order valence-corrected chi connectivity index (χ2v) is 10.4. The molecule has 0 spiro atoms. The van der Waals surface area contributed by atoms with Gasteiger partial charge in [-0.1, -0.05) is 0 Å². The van der Waals surface area contributed by atoms with E-state index in [4.69, 9.17) is 0 Å². The Bertz CT molecular complexity index is 1710. The third kappa shape index (κ3) is 4.26. The minimum atomic E-state index is -2.47. The van der Waals surface area contributed by atoms with Gasteiger partial charge in [-0.2, -0.15) is 0 Å². The fourth-order valence-corrected chi connectivity index (χ4v) is 6.06. The van der Waals surface area contributed by atoms with Gasteiger partial charge in [0, 0.05) is 19.5 Å². The zero-order chi connectivity index (χ0) is 30.9. The maximum Gasteiger partial charge on any atom is 0.200 e. The molecule has 0 fully saturated rings. The largest absolute Gasteiger partial charge is 0.203 e. The van der Waals surface area contributed by atoms with Gasteiger partial charge in [0.1, 0.15) is 0 Å². The van der Waals surface area contributed by atoms with Crippen LogP contribution in [0.3, 0.4) is 0 Å². The van der Waals surface area contributed by atoms with E-state index in [2.05, 4.69) is 0 Å². The molecule has 218 valence electrons. The minimum Gasteiger partial charge on any atom is -0.203 e. The van der Waals surface area contributed by atoms with E-state index in [0.29, 0.717) is 24.3 Å². The van der Waals surface area contributed by atoms with E-state index in [1.54, 1.807) is 0 Å². The summed E-state index contributed by atoms with van der Waals surface area (Å²) < 4.78 is 198. The smallest absolute Gasteiger partial charge is 0.200 e. The summed E-state index contributed by atoms with van der Waals surface area (Å²) >= 11 is 0.0300. The van der Waals surface area contributed by atoms with Crippen LogP contribution in [0.25, 0.3) is 41.8 Å². The Morgan fingerprint density at radius 2 is 0.381 bits per heavy atom. The zero-order valence-corrected chi connectivity index (χ0v) is 21.1. The maximum absolute atomic E-state index is 15.1. The monoisotopic (exact) mass is 646 g/mol. The molecule has 0 aliphatic carbocycles. The lowest BCUT2D eigenvalue weighted by atomic mass is 10.0. The summed E-state index contributed by atoms with van der Waals surface area (Å²) in [4.78, 5) is -3.01. The first-order chi connectivity index (χ1) is 19.7. The average Bonchev–Trinajstić information content (AvgIpc) is 3.63. The molecule has 2 aromatic heterocycles.